The Kier molecular flexibility index (Phi) is 1.85. The predicted molar refractivity (Wildman–Crippen MR) is 57.4 cm³/mol. The van der Waals surface area contributed by atoms with Crippen LogP contribution in [0.5, 0.6) is 0 Å². The van der Waals surface area contributed by atoms with Crippen LogP contribution in [0.2, 0.25) is 0 Å². The van der Waals surface area contributed by atoms with Crippen LogP contribution in [0.4, 0.5) is 0 Å². The summed E-state index contributed by atoms with van der Waals surface area (Å²) in [5.74, 6) is 3.17. The van der Waals surface area contributed by atoms with Gasteiger partial charge in [0.1, 0.15) is 5.60 Å². The third-order valence-electron chi connectivity index (χ3n) is 5.59. The van der Waals surface area contributed by atoms with Crippen LogP contribution in [0.1, 0.15) is 39.0 Å². The lowest BCUT2D eigenvalue weighted by Crippen LogP contribution is -2.73. The lowest BCUT2D eigenvalue weighted by atomic mass is 9.48. The second-order valence-electron chi connectivity index (χ2n) is 6.50. The first-order chi connectivity index (χ1) is 7.70. The zero-order chi connectivity index (χ0) is 10.9. The van der Waals surface area contributed by atoms with E-state index in [1.807, 2.05) is 6.92 Å². The Morgan fingerprint density at radius 3 is 2.00 bits per heavy atom. The van der Waals surface area contributed by atoms with E-state index < -0.39 is 6.10 Å². The molecule has 2 atom stereocenters. The second kappa shape index (κ2) is 3.01. The van der Waals surface area contributed by atoms with Gasteiger partial charge in [0.25, 0.3) is 0 Å². The summed E-state index contributed by atoms with van der Waals surface area (Å²) in [6.45, 7) is 1.83. The van der Waals surface area contributed by atoms with Gasteiger partial charge in [0, 0.05) is 0 Å². The highest BCUT2D eigenvalue weighted by Crippen LogP contribution is 2.64. The second-order valence-corrected chi connectivity index (χ2v) is 6.50. The highest BCUT2D eigenvalue weighted by Gasteiger charge is 2.68. The summed E-state index contributed by atoms with van der Waals surface area (Å²) >= 11 is 0. The smallest absolute Gasteiger partial charge is 0.151 e. The maximum atomic E-state index is 9.82. The number of aliphatic hydroxyl groups excluding tert-OH is 1. The highest BCUT2D eigenvalue weighted by atomic mass is 17.3. The first-order valence-corrected chi connectivity index (χ1v) is 6.72. The Hall–Kier alpha value is -0.120. The van der Waals surface area contributed by atoms with Crippen molar-refractivity contribution in [2.75, 3.05) is 0 Å². The molecule has 1 saturated heterocycles. The van der Waals surface area contributed by atoms with E-state index in [0.29, 0.717) is 11.8 Å². The molecule has 0 unspecified atom stereocenters. The van der Waals surface area contributed by atoms with E-state index in [-0.39, 0.29) is 11.7 Å². The molecule has 1 spiro atoms. The van der Waals surface area contributed by atoms with Gasteiger partial charge in [0.15, 0.2) is 6.10 Å². The molecule has 5 rings (SSSR count). The Labute approximate surface area is 96.0 Å². The summed E-state index contributed by atoms with van der Waals surface area (Å²) < 4.78 is 0. The van der Waals surface area contributed by atoms with Crippen LogP contribution >= 0.6 is 0 Å². The fraction of sp³-hybridized carbons (Fsp3) is 1.00. The quantitative estimate of drug-likeness (QED) is 0.691. The van der Waals surface area contributed by atoms with Crippen LogP contribution in [0.15, 0.2) is 0 Å². The van der Waals surface area contributed by atoms with E-state index in [1.165, 1.54) is 32.1 Å². The normalized spacial score (nSPS) is 60.0. The van der Waals surface area contributed by atoms with Crippen molar-refractivity contribution in [1.82, 2.24) is 0 Å². The van der Waals surface area contributed by atoms with E-state index >= 15 is 0 Å². The van der Waals surface area contributed by atoms with Crippen LogP contribution in [0.3, 0.4) is 0 Å². The van der Waals surface area contributed by atoms with Gasteiger partial charge in [-0.3, -0.25) is 0 Å². The molecule has 1 heterocycles. The van der Waals surface area contributed by atoms with E-state index in [9.17, 15) is 5.11 Å². The molecule has 5 fully saturated rings. The van der Waals surface area contributed by atoms with Gasteiger partial charge < -0.3 is 5.11 Å². The minimum Gasteiger partial charge on any atom is -0.390 e. The molecule has 0 aromatic rings. The third kappa shape index (κ3) is 1.00. The third-order valence-corrected chi connectivity index (χ3v) is 5.59. The van der Waals surface area contributed by atoms with Gasteiger partial charge in [-0.05, 0) is 62.7 Å². The molecule has 16 heavy (non-hydrogen) atoms. The lowest BCUT2D eigenvalue weighted by molar-refractivity contribution is -0.554. The average molecular weight is 224 g/mol. The monoisotopic (exact) mass is 224 g/mol. The molecule has 5 aliphatic rings. The van der Waals surface area contributed by atoms with Gasteiger partial charge >= 0.3 is 0 Å². The molecule has 0 amide bonds. The minimum atomic E-state index is -0.397. The molecule has 4 bridgehead atoms. The summed E-state index contributed by atoms with van der Waals surface area (Å²) in [6.07, 6.45) is 6.20. The summed E-state index contributed by atoms with van der Waals surface area (Å²) in [7, 11) is 0. The maximum absolute atomic E-state index is 9.82. The zero-order valence-corrected chi connectivity index (χ0v) is 9.76. The van der Waals surface area contributed by atoms with E-state index in [2.05, 4.69) is 0 Å². The highest BCUT2D eigenvalue weighted by molar-refractivity contribution is 5.13. The van der Waals surface area contributed by atoms with Gasteiger partial charge in [0.05, 0.1) is 6.10 Å². The van der Waals surface area contributed by atoms with Crippen molar-refractivity contribution in [1.29, 1.82) is 0 Å². The van der Waals surface area contributed by atoms with E-state index in [1.54, 1.807) is 0 Å². The van der Waals surface area contributed by atoms with Gasteiger partial charge in [-0.2, -0.15) is 0 Å². The fourth-order valence-electron chi connectivity index (χ4n) is 5.19. The Morgan fingerprint density at radius 2 is 1.62 bits per heavy atom. The maximum Gasteiger partial charge on any atom is 0.151 e. The van der Waals surface area contributed by atoms with Crippen molar-refractivity contribution in [3.05, 3.63) is 0 Å². The van der Waals surface area contributed by atoms with Crippen molar-refractivity contribution < 1.29 is 14.9 Å². The minimum absolute atomic E-state index is 0.0671. The van der Waals surface area contributed by atoms with E-state index in [0.717, 1.165) is 11.8 Å². The lowest BCUT2D eigenvalue weighted by Gasteiger charge is -2.65. The summed E-state index contributed by atoms with van der Waals surface area (Å²) in [5, 5.41) is 9.82. The number of rotatable bonds is 1. The van der Waals surface area contributed by atoms with Gasteiger partial charge in [-0.1, -0.05) is 0 Å². The number of hydrogen-bond donors (Lipinski definition) is 1. The molecule has 1 aliphatic heterocycles. The van der Waals surface area contributed by atoms with Crippen molar-refractivity contribution in [2.24, 2.45) is 23.7 Å². The van der Waals surface area contributed by atoms with Crippen LogP contribution in [-0.2, 0) is 9.78 Å². The molecule has 3 heteroatoms. The van der Waals surface area contributed by atoms with Crippen LogP contribution in [-0.4, -0.2) is 22.9 Å². The van der Waals surface area contributed by atoms with Crippen LogP contribution < -0.4 is 0 Å². The Balaban J connectivity index is 1.69. The molecule has 3 nitrogen and oxygen atoms in total. The van der Waals surface area contributed by atoms with E-state index in [4.69, 9.17) is 9.78 Å². The molecule has 90 valence electrons. The van der Waals surface area contributed by atoms with Crippen molar-refractivity contribution in [3.8, 4) is 0 Å². The summed E-state index contributed by atoms with van der Waals surface area (Å²) in [5.41, 5.74) is -0.110. The Morgan fingerprint density at radius 1 is 1.06 bits per heavy atom. The molecule has 1 N–H and O–H groups in total. The topological polar surface area (TPSA) is 38.7 Å². The largest absolute Gasteiger partial charge is 0.390 e. The predicted octanol–water partition coefficient (Wildman–Crippen LogP) is 1.89. The van der Waals surface area contributed by atoms with Crippen LogP contribution in [0.25, 0.3) is 0 Å². The first kappa shape index (κ1) is 9.86. The standard InChI is InChI=1S/C13H20O3/c1-7(14)12-13(16-15-12)10-3-8-2-9(5-10)6-11(13)4-8/h7-12,14H,2-6H2,1H3/t7-,8?,9?,10?,11?,12-,13?/m1/s1. The van der Waals surface area contributed by atoms with Crippen LogP contribution in [0, 0.1) is 23.7 Å². The van der Waals surface area contributed by atoms with Gasteiger partial charge in [0.2, 0.25) is 0 Å². The molecule has 0 aromatic carbocycles. The van der Waals surface area contributed by atoms with Crippen molar-refractivity contribution >= 4 is 0 Å². The average Bonchev–Trinajstić information content (AvgIpc) is 2.13. The van der Waals surface area contributed by atoms with Crippen molar-refractivity contribution in [3.63, 3.8) is 0 Å². The molecular formula is C13H20O3. The molecule has 0 radical (unpaired) electrons. The number of hydrogen-bond acceptors (Lipinski definition) is 3. The van der Waals surface area contributed by atoms with Gasteiger partial charge in [-0.15, -0.1) is 0 Å². The summed E-state index contributed by atoms with van der Waals surface area (Å²) in [4.78, 5) is 10.8. The first-order valence-electron chi connectivity index (χ1n) is 6.72. The zero-order valence-electron chi connectivity index (χ0n) is 9.76. The van der Waals surface area contributed by atoms with Gasteiger partial charge in [-0.25, -0.2) is 9.78 Å². The summed E-state index contributed by atoms with van der Waals surface area (Å²) in [6, 6.07) is 0. The molecule has 0 aromatic heterocycles. The Bertz CT molecular complexity index is 284. The molecule has 4 aliphatic carbocycles. The molecular weight excluding hydrogens is 204 g/mol. The SMILES string of the molecule is C[C@@H](O)[C@H]1OOC12C1CC3CC(C1)CC2C3. The fourth-order valence-corrected chi connectivity index (χ4v) is 5.19. The number of aliphatic hydroxyl groups is 1. The molecule has 4 saturated carbocycles. The van der Waals surface area contributed by atoms with Crippen molar-refractivity contribution in [2.45, 2.75) is 56.8 Å².